The number of aliphatic carboxylic acids is 1. The minimum Gasteiger partial charge on any atom is -0.550 e. The van der Waals surface area contributed by atoms with Gasteiger partial charge in [-0.25, -0.2) is 0 Å². The van der Waals surface area contributed by atoms with Crippen LogP contribution in [0.5, 0.6) is 0 Å². The summed E-state index contributed by atoms with van der Waals surface area (Å²) in [6.07, 6.45) is 10.5. The van der Waals surface area contributed by atoms with E-state index in [-0.39, 0.29) is 6.54 Å². The second-order valence-corrected chi connectivity index (χ2v) is 5.68. The highest BCUT2D eigenvalue weighted by Gasteiger charge is 2.30. The topological polar surface area (TPSA) is 77.4 Å². The molecule has 0 saturated heterocycles. The Hall–Kier alpha value is -1.72. The lowest BCUT2D eigenvalue weighted by Gasteiger charge is -2.34. The number of carbonyl (C=O) groups is 2. The smallest absolute Gasteiger partial charge is 0.137 e. The Labute approximate surface area is 120 Å². The number of nitrogens with zero attached hydrogens (tertiary/aromatic N) is 1. The molecule has 0 heterocycles. The molecule has 0 fully saturated rings. The first-order chi connectivity index (χ1) is 9.18. The first-order valence-corrected chi connectivity index (χ1v) is 6.36. The van der Waals surface area contributed by atoms with Crippen molar-refractivity contribution in [3.63, 3.8) is 0 Å². The molecule has 0 aromatic heterocycles. The molecule has 0 bridgehead atoms. The Morgan fingerprint density at radius 2 is 1.80 bits per heavy atom. The van der Waals surface area contributed by atoms with Gasteiger partial charge in [-0.15, -0.1) is 0 Å². The third kappa shape index (κ3) is 10.2. The van der Waals surface area contributed by atoms with Gasteiger partial charge in [0, 0.05) is 18.8 Å². The monoisotopic (exact) mass is 281 g/mol. The van der Waals surface area contributed by atoms with Crippen molar-refractivity contribution in [2.45, 2.75) is 18.4 Å². The zero-order valence-corrected chi connectivity index (χ0v) is 12.3. The van der Waals surface area contributed by atoms with E-state index in [0.717, 1.165) is 6.29 Å². The molecule has 20 heavy (non-hydrogen) atoms. The van der Waals surface area contributed by atoms with Crippen LogP contribution in [-0.4, -0.2) is 55.1 Å². The van der Waals surface area contributed by atoms with Crippen LogP contribution in [0.3, 0.4) is 0 Å². The molecule has 5 heteroatoms. The average molecular weight is 281 g/mol. The van der Waals surface area contributed by atoms with E-state index in [1.54, 1.807) is 30.4 Å². The van der Waals surface area contributed by atoms with Gasteiger partial charge in [-0.3, -0.25) is 0 Å². The van der Waals surface area contributed by atoms with Gasteiger partial charge in [0.25, 0.3) is 0 Å². The van der Waals surface area contributed by atoms with Gasteiger partial charge in [-0.05, 0) is 6.08 Å². The summed E-state index contributed by atoms with van der Waals surface area (Å²) in [5.41, 5.74) is -1.45. The molecule has 1 atom stereocenters. The molecule has 0 aliphatic heterocycles. The van der Waals surface area contributed by atoms with Gasteiger partial charge in [0.15, 0.2) is 0 Å². The Morgan fingerprint density at radius 1 is 1.20 bits per heavy atom. The number of carboxylic acids is 1. The molecule has 0 aliphatic rings. The van der Waals surface area contributed by atoms with Crippen LogP contribution < -0.4 is 5.11 Å². The van der Waals surface area contributed by atoms with Crippen LogP contribution in [0.25, 0.3) is 0 Å². The summed E-state index contributed by atoms with van der Waals surface area (Å²) in [6.45, 7) is 0.256. The third-order valence-electron chi connectivity index (χ3n) is 2.31. The predicted octanol–water partition coefficient (Wildman–Crippen LogP) is -0.179. The number of aldehydes is 1. The Bertz CT molecular complexity index is 405. The second-order valence-electron chi connectivity index (χ2n) is 5.68. The maximum atomic E-state index is 10.7. The van der Waals surface area contributed by atoms with Crippen molar-refractivity contribution in [2.75, 3.05) is 27.7 Å². The molecular formula is C15H23NO4. The molecule has 0 rings (SSSR count). The van der Waals surface area contributed by atoms with Crippen molar-refractivity contribution in [1.82, 2.24) is 0 Å². The number of likely N-dealkylation sites (N-methyl/N-ethyl adjacent to an activating group) is 1. The van der Waals surface area contributed by atoms with Crippen LogP contribution in [0.15, 0.2) is 36.5 Å². The summed E-state index contributed by atoms with van der Waals surface area (Å²) in [4.78, 5) is 20.8. The largest absolute Gasteiger partial charge is 0.550 e. The van der Waals surface area contributed by atoms with Crippen LogP contribution >= 0.6 is 0 Å². The van der Waals surface area contributed by atoms with Crippen molar-refractivity contribution in [2.24, 2.45) is 0 Å². The van der Waals surface area contributed by atoms with Crippen molar-refractivity contribution in [1.29, 1.82) is 0 Å². The normalized spacial score (nSPS) is 16.0. The fourth-order valence-corrected chi connectivity index (χ4v) is 1.81. The summed E-state index contributed by atoms with van der Waals surface area (Å²) >= 11 is 0. The molecule has 1 N–H and O–H groups in total. The summed E-state index contributed by atoms with van der Waals surface area (Å²) in [6, 6.07) is 0. The summed E-state index contributed by atoms with van der Waals surface area (Å²) in [5, 5.41) is 21.1. The van der Waals surface area contributed by atoms with Crippen molar-refractivity contribution in [3.8, 4) is 0 Å². The van der Waals surface area contributed by atoms with E-state index in [1.807, 2.05) is 21.1 Å². The number of hydrogen-bond acceptors (Lipinski definition) is 4. The van der Waals surface area contributed by atoms with Gasteiger partial charge in [-0.2, -0.15) is 0 Å². The number of hydrogen-bond donors (Lipinski definition) is 1. The molecule has 0 amide bonds. The van der Waals surface area contributed by atoms with Crippen LogP contribution in [0.1, 0.15) is 12.8 Å². The lowest BCUT2D eigenvalue weighted by Crippen LogP contribution is -2.50. The highest BCUT2D eigenvalue weighted by Crippen LogP contribution is 2.16. The lowest BCUT2D eigenvalue weighted by atomic mass is 9.97. The average Bonchev–Trinajstić information content (AvgIpc) is 2.23. The molecule has 0 spiro atoms. The highest BCUT2D eigenvalue weighted by atomic mass is 16.4. The zero-order valence-electron chi connectivity index (χ0n) is 12.3. The Kier molecular flexibility index (Phi) is 7.72. The van der Waals surface area contributed by atoms with Crippen LogP contribution in [-0.2, 0) is 9.59 Å². The first-order valence-electron chi connectivity index (χ1n) is 6.36. The number of carboxylic acid groups (broad SMARTS) is 1. The molecule has 0 aromatic carbocycles. The maximum Gasteiger partial charge on any atom is 0.137 e. The van der Waals surface area contributed by atoms with Crippen molar-refractivity contribution < 1.29 is 24.3 Å². The van der Waals surface area contributed by atoms with Crippen LogP contribution in [0.4, 0.5) is 0 Å². The maximum absolute atomic E-state index is 10.7. The van der Waals surface area contributed by atoms with E-state index in [2.05, 4.69) is 0 Å². The predicted molar refractivity (Wildman–Crippen MR) is 75.6 cm³/mol. The fraction of sp³-hybridized carbons (Fsp3) is 0.467. The first kappa shape index (κ1) is 18.3. The molecule has 0 aliphatic carbocycles. The quantitative estimate of drug-likeness (QED) is 0.361. The van der Waals surface area contributed by atoms with Gasteiger partial charge in [0.05, 0.1) is 21.1 Å². The number of quaternary nitrogens is 1. The van der Waals surface area contributed by atoms with E-state index < -0.39 is 18.0 Å². The zero-order chi connectivity index (χ0) is 15.6. The second kappa shape index (κ2) is 8.45. The molecule has 0 aromatic rings. The van der Waals surface area contributed by atoms with Crippen LogP contribution in [0, 0.1) is 0 Å². The molecule has 0 radical (unpaired) electrons. The van der Waals surface area contributed by atoms with E-state index >= 15 is 0 Å². The van der Waals surface area contributed by atoms with Crippen LogP contribution in [0.2, 0.25) is 0 Å². The molecule has 0 saturated carbocycles. The lowest BCUT2D eigenvalue weighted by molar-refractivity contribution is -0.876. The minimum atomic E-state index is -1.45. The number of rotatable bonds is 9. The third-order valence-corrected chi connectivity index (χ3v) is 2.31. The molecule has 1 unspecified atom stereocenters. The van der Waals surface area contributed by atoms with Crippen molar-refractivity contribution in [3.05, 3.63) is 36.5 Å². The van der Waals surface area contributed by atoms with Gasteiger partial charge >= 0.3 is 0 Å². The molecule has 112 valence electrons. The highest BCUT2D eigenvalue weighted by molar-refractivity contribution is 5.66. The SMILES string of the molecule is C[N+](C)(C)CC(O)(C=CC=CC=CCC=O)CC(=O)[O-]. The fourth-order valence-electron chi connectivity index (χ4n) is 1.81. The number of carbonyl (C=O) groups excluding carboxylic acids is 2. The number of aliphatic hydroxyl groups is 1. The van der Waals surface area contributed by atoms with Gasteiger partial charge in [0.2, 0.25) is 0 Å². The van der Waals surface area contributed by atoms with E-state index in [1.165, 1.54) is 6.08 Å². The Balaban J connectivity index is 4.72. The van der Waals surface area contributed by atoms with Gasteiger partial charge in [0.1, 0.15) is 18.4 Å². The van der Waals surface area contributed by atoms with Crippen molar-refractivity contribution >= 4 is 12.3 Å². The minimum absolute atomic E-state index is 0.256. The molecule has 5 nitrogen and oxygen atoms in total. The summed E-state index contributed by atoms with van der Waals surface area (Å²) in [5.74, 6) is -1.29. The van der Waals surface area contributed by atoms with E-state index in [9.17, 15) is 19.8 Å². The summed E-state index contributed by atoms with van der Waals surface area (Å²) in [7, 11) is 5.60. The standard InChI is InChI=1S/C15H23NO4/c1-16(2,3)13-15(20,12-14(18)19)10-8-6-4-5-7-9-11-17/h4-8,10-11,20H,9,12-13H2,1-3H3. The van der Waals surface area contributed by atoms with Gasteiger partial charge in [-0.1, -0.05) is 30.4 Å². The summed E-state index contributed by atoms with van der Waals surface area (Å²) < 4.78 is 0.428. The Morgan fingerprint density at radius 3 is 2.30 bits per heavy atom. The number of allylic oxidation sites excluding steroid dienone is 5. The van der Waals surface area contributed by atoms with Gasteiger partial charge < -0.3 is 24.3 Å². The van der Waals surface area contributed by atoms with E-state index in [0.29, 0.717) is 10.9 Å². The molecular weight excluding hydrogens is 258 g/mol. The van der Waals surface area contributed by atoms with E-state index in [4.69, 9.17) is 0 Å².